The van der Waals surface area contributed by atoms with Gasteiger partial charge in [-0.05, 0) is 39.1 Å². The third kappa shape index (κ3) is 5.13. The van der Waals surface area contributed by atoms with Crippen molar-refractivity contribution in [2.75, 3.05) is 31.5 Å². The van der Waals surface area contributed by atoms with Gasteiger partial charge in [0.15, 0.2) is 5.69 Å². The maximum absolute atomic E-state index is 11.6. The van der Waals surface area contributed by atoms with E-state index in [1.54, 1.807) is 12.1 Å². The predicted octanol–water partition coefficient (Wildman–Crippen LogP) is 1.37. The molecule has 0 fully saturated rings. The minimum atomic E-state index is -0.192. The molecule has 1 atom stereocenters. The summed E-state index contributed by atoms with van der Waals surface area (Å²) >= 11 is 0. The van der Waals surface area contributed by atoms with Gasteiger partial charge in [-0.1, -0.05) is 13.8 Å². The fourth-order valence-corrected chi connectivity index (χ4v) is 1.95. The number of carbonyl (C=O) groups is 1. The van der Waals surface area contributed by atoms with Crippen molar-refractivity contribution in [3.63, 3.8) is 0 Å². The Morgan fingerprint density at radius 1 is 1.25 bits per heavy atom. The quantitative estimate of drug-likeness (QED) is 0.752. The van der Waals surface area contributed by atoms with Crippen molar-refractivity contribution in [2.24, 2.45) is 0 Å². The van der Waals surface area contributed by atoms with Gasteiger partial charge in [0.1, 0.15) is 5.82 Å². The van der Waals surface area contributed by atoms with Gasteiger partial charge in [0.2, 0.25) is 0 Å². The van der Waals surface area contributed by atoms with Crippen molar-refractivity contribution >= 4 is 11.7 Å². The first-order chi connectivity index (χ1) is 9.60. The summed E-state index contributed by atoms with van der Waals surface area (Å²) in [6.07, 6.45) is 0. The minimum absolute atomic E-state index is 0.192. The van der Waals surface area contributed by atoms with E-state index in [1.807, 2.05) is 6.92 Å². The normalized spacial score (nSPS) is 12.2. The number of hydrogen-bond acceptors (Lipinski definition) is 5. The van der Waals surface area contributed by atoms with Crippen LogP contribution in [-0.4, -0.2) is 53.2 Å². The van der Waals surface area contributed by atoms with Gasteiger partial charge in [0, 0.05) is 19.1 Å². The summed E-state index contributed by atoms with van der Waals surface area (Å²) < 4.78 is 0. The zero-order valence-corrected chi connectivity index (χ0v) is 12.8. The summed E-state index contributed by atoms with van der Waals surface area (Å²) in [4.78, 5) is 13.9. The summed E-state index contributed by atoms with van der Waals surface area (Å²) in [5.41, 5.74) is 0.341. The molecule has 20 heavy (non-hydrogen) atoms. The summed E-state index contributed by atoms with van der Waals surface area (Å²) in [6.45, 7) is 11.9. The van der Waals surface area contributed by atoms with Crippen molar-refractivity contribution < 1.29 is 4.79 Å². The van der Waals surface area contributed by atoms with Gasteiger partial charge in [-0.3, -0.25) is 4.79 Å². The fourth-order valence-electron chi connectivity index (χ4n) is 1.95. The van der Waals surface area contributed by atoms with Gasteiger partial charge in [0.05, 0.1) is 0 Å². The van der Waals surface area contributed by atoms with Gasteiger partial charge in [0.25, 0.3) is 5.91 Å². The van der Waals surface area contributed by atoms with E-state index in [1.165, 1.54) is 0 Å². The zero-order valence-electron chi connectivity index (χ0n) is 12.8. The van der Waals surface area contributed by atoms with Crippen molar-refractivity contribution in [1.29, 1.82) is 0 Å². The molecular formula is C14H25N5O. The van der Waals surface area contributed by atoms with E-state index >= 15 is 0 Å². The highest BCUT2D eigenvalue weighted by Crippen LogP contribution is 2.05. The van der Waals surface area contributed by atoms with E-state index < -0.39 is 0 Å². The average molecular weight is 279 g/mol. The lowest BCUT2D eigenvalue weighted by atomic mass is 10.3. The van der Waals surface area contributed by atoms with Gasteiger partial charge >= 0.3 is 0 Å². The van der Waals surface area contributed by atoms with Crippen LogP contribution in [0.15, 0.2) is 12.1 Å². The largest absolute Gasteiger partial charge is 0.365 e. The Morgan fingerprint density at radius 3 is 2.45 bits per heavy atom. The topological polar surface area (TPSA) is 70.2 Å². The molecular weight excluding hydrogens is 254 g/mol. The van der Waals surface area contributed by atoms with Crippen LogP contribution < -0.4 is 10.6 Å². The monoisotopic (exact) mass is 279 g/mol. The molecule has 1 aromatic heterocycles. The number of nitrogens with zero attached hydrogens (tertiary/aromatic N) is 3. The molecule has 0 saturated carbocycles. The molecule has 6 nitrogen and oxygen atoms in total. The lowest BCUT2D eigenvalue weighted by Gasteiger charge is -2.23. The van der Waals surface area contributed by atoms with E-state index in [0.29, 0.717) is 18.1 Å². The van der Waals surface area contributed by atoms with E-state index in [2.05, 4.69) is 46.5 Å². The van der Waals surface area contributed by atoms with Gasteiger partial charge in [-0.25, -0.2) is 0 Å². The van der Waals surface area contributed by atoms with Crippen LogP contribution in [0.1, 0.15) is 38.2 Å². The fraction of sp³-hybridized carbons (Fsp3) is 0.643. The van der Waals surface area contributed by atoms with Crippen LogP contribution >= 0.6 is 0 Å². The van der Waals surface area contributed by atoms with Gasteiger partial charge in [-0.15, -0.1) is 10.2 Å². The van der Waals surface area contributed by atoms with Crippen LogP contribution in [-0.2, 0) is 0 Å². The number of rotatable bonds is 8. The molecule has 1 rings (SSSR count). The third-order valence-corrected chi connectivity index (χ3v) is 3.06. The van der Waals surface area contributed by atoms with Crippen molar-refractivity contribution in [1.82, 2.24) is 20.4 Å². The molecule has 0 bridgehead atoms. The molecule has 0 radical (unpaired) electrons. The smallest absolute Gasteiger partial charge is 0.271 e. The Balaban J connectivity index is 2.54. The molecule has 0 aliphatic carbocycles. The Morgan fingerprint density at radius 2 is 1.95 bits per heavy atom. The Labute approximate surface area is 121 Å². The first-order valence-corrected chi connectivity index (χ1v) is 7.21. The molecule has 0 saturated heterocycles. The maximum atomic E-state index is 11.6. The second-order valence-corrected chi connectivity index (χ2v) is 4.69. The van der Waals surface area contributed by atoms with Gasteiger partial charge < -0.3 is 15.5 Å². The molecule has 1 aromatic rings. The Kier molecular flexibility index (Phi) is 6.93. The van der Waals surface area contributed by atoms with Crippen LogP contribution in [0.5, 0.6) is 0 Å². The van der Waals surface area contributed by atoms with E-state index in [9.17, 15) is 4.79 Å². The predicted molar refractivity (Wildman–Crippen MR) is 80.9 cm³/mol. The lowest BCUT2D eigenvalue weighted by Crippen LogP contribution is -2.35. The number of likely N-dealkylation sites (N-methyl/N-ethyl adjacent to an activating group) is 1. The number of carbonyl (C=O) groups excluding carboxylic acids is 1. The van der Waals surface area contributed by atoms with Gasteiger partial charge in [-0.2, -0.15) is 0 Å². The van der Waals surface area contributed by atoms with Crippen LogP contribution in [0, 0.1) is 0 Å². The highest BCUT2D eigenvalue weighted by atomic mass is 16.1. The van der Waals surface area contributed by atoms with Crippen molar-refractivity contribution in [3.8, 4) is 0 Å². The van der Waals surface area contributed by atoms with Crippen molar-refractivity contribution in [3.05, 3.63) is 17.8 Å². The molecule has 0 aromatic carbocycles. The summed E-state index contributed by atoms with van der Waals surface area (Å²) in [5.74, 6) is 0.500. The van der Waals surface area contributed by atoms with Crippen LogP contribution in [0.3, 0.4) is 0 Å². The highest BCUT2D eigenvalue weighted by Gasteiger charge is 2.10. The molecule has 1 amide bonds. The first-order valence-electron chi connectivity index (χ1n) is 7.21. The summed E-state index contributed by atoms with van der Waals surface area (Å²) in [7, 11) is 0. The molecule has 6 heteroatoms. The highest BCUT2D eigenvalue weighted by molar-refractivity contribution is 5.92. The van der Waals surface area contributed by atoms with E-state index in [0.717, 1.165) is 19.6 Å². The molecule has 1 heterocycles. The van der Waals surface area contributed by atoms with Crippen LogP contribution in [0.4, 0.5) is 5.82 Å². The summed E-state index contributed by atoms with van der Waals surface area (Å²) in [5, 5.41) is 14.0. The zero-order chi connectivity index (χ0) is 15.0. The second-order valence-electron chi connectivity index (χ2n) is 4.69. The molecule has 1 unspecified atom stereocenters. The standard InChI is InChI=1S/C14H25N5O/c1-5-15-14(20)12-8-9-13(18-17-12)16-11(4)10-19(6-2)7-3/h8-9,11H,5-7,10H2,1-4H3,(H,15,20)(H,16,18). The number of anilines is 1. The Hall–Kier alpha value is -1.69. The maximum Gasteiger partial charge on any atom is 0.271 e. The Bertz CT molecular complexity index is 403. The number of hydrogen-bond donors (Lipinski definition) is 2. The first kappa shape index (κ1) is 16.4. The van der Waals surface area contributed by atoms with E-state index in [4.69, 9.17) is 0 Å². The number of nitrogens with one attached hydrogen (secondary N) is 2. The second kappa shape index (κ2) is 8.47. The molecule has 112 valence electrons. The molecule has 0 aliphatic rings. The minimum Gasteiger partial charge on any atom is -0.365 e. The number of aromatic nitrogens is 2. The van der Waals surface area contributed by atoms with Crippen LogP contribution in [0.2, 0.25) is 0 Å². The van der Waals surface area contributed by atoms with Crippen molar-refractivity contribution in [2.45, 2.75) is 33.7 Å². The lowest BCUT2D eigenvalue weighted by molar-refractivity contribution is 0.0950. The van der Waals surface area contributed by atoms with Crippen LogP contribution in [0.25, 0.3) is 0 Å². The molecule has 0 spiro atoms. The molecule has 2 N–H and O–H groups in total. The van der Waals surface area contributed by atoms with E-state index in [-0.39, 0.29) is 11.9 Å². The SMILES string of the molecule is CCNC(=O)c1ccc(NC(C)CN(CC)CC)nn1. The molecule has 0 aliphatic heterocycles. The average Bonchev–Trinajstić information content (AvgIpc) is 2.45. The number of amides is 1. The third-order valence-electron chi connectivity index (χ3n) is 3.06. The summed E-state index contributed by atoms with van der Waals surface area (Å²) in [6, 6.07) is 3.75.